The second-order valence-corrected chi connectivity index (χ2v) is 5.35. The van der Waals surface area contributed by atoms with Crippen molar-refractivity contribution in [3.63, 3.8) is 0 Å². The molecule has 0 atom stereocenters. The van der Waals surface area contributed by atoms with Crippen LogP contribution in [0, 0.1) is 5.41 Å². The first-order valence-electron chi connectivity index (χ1n) is 7.57. The van der Waals surface area contributed by atoms with Gasteiger partial charge in [-0.05, 0) is 42.0 Å². The highest BCUT2D eigenvalue weighted by atomic mass is 16.4. The van der Waals surface area contributed by atoms with Gasteiger partial charge in [-0.1, -0.05) is 12.1 Å². The molecule has 0 heterocycles. The summed E-state index contributed by atoms with van der Waals surface area (Å²) in [5.41, 5.74) is 6.24. The van der Waals surface area contributed by atoms with E-state index in [9.17, 15) is 19.5 Å². The van der Waals surface area contributed by atoms with E-state index in [1.54, 1.807) is 18.2 Å². The maximum Gasteiger partial charge on any atom is 0.336 e. The van der Waals surface area contributed by atoms with Crippen LogP contribution in [0.4, 0.5) is 11.4 Å². The topological polar surface area (TPSA) is 166 Å². The Bertz CT molecular complexity index is 953. The van der Waals surface area contributed by atoms with Gasteiger partial charge in [0, 0.05) is 23.0 Å². The zero-order valence-electron chi connectivity index (χ0n) is 13.9. The summed E-state index contributed by atoms with van der Waals surface area (Å²) in [6.07, 6.45) is 1.99. The van der Waals surface area contributed by atoms with Gasteiger partial charge in [-0.25, -0.2) is 9.59 Å². The van der Waals surface area contributed by atoms with Gasteiger partial charge < -0.3 is 26.6 Å². The summed E-state index contributed by atoms with van der Waals surface area (Å²) in [5.74, 6) is -3.23. The number of aromatic carboxylic acids is 1. The number of carboxylic acids is 2. The molecule has 0 aliphatic heterocycles. The van der Waals surface area contributed by atoms with Gasteiger partial charge in [0.1, 0.15) is 0 Å². The SMILES string of the molecule is N=C(N)Nc1cccc(C(=O)Nc2ccc(C=CC(=O)O)c(C(=O)O)c2)c1. The molecular formula is C18H16N4O5. The minimum absolute atomic E-state index is 0.155. The standard InChI is InChI=1S/C18H16N4O5/c19-18(20)22-12-3-1-2-11(8-12)16(25)21-13-6-4-10(5-7-15(23)24)14(9-13)17(26)27/h1-9H,(H,21,25)(H,23,24)(H,26,27)(H4,19,20,22). The van der Waals surface area contributed by atoms with E-state index in [-0.39, 0.29) is 28.3 Å². The molecule has 0 aromatic heterocycles. The van der Waals surface area contributed by atoms with Gasteiger partial charge in [0.05, 0.1) is 5.56 Å². The Morgan fingerprint density at radius 2 is 1.70 bits per heavy atom. The molecule has 0 fully saturated rings. The van der Waals surface area contributed by atoms with E-state index in [1.807, 2.05) is 0 Å². The van der Waals surface area contributed by atoms with Crippen molar-refractivity contribution in [1.29, 1.82) is 5.41 Å². The second-order valence-electron chi connectivity index (χ2n) is 5.35. The lowest BCUT2D eigenvalue weighted by Crippen LogP contribution is -2.21. The third kappa shape index (κ3) is 5.43. The monoisotopic (exact) mass is 368 g/mol. The van der Waals surface area contributed by atoms with Crippen molar-refractivity contribution in [3.05, 3.63) is 65.2 Å². The lowest BCUT2D eigenvalue weighted by molar-refractivity contribution is -0.131. The summed E-state index contributed by atoms with van der Waals surface area (Å²) in [6.45, 7) is 0. The summed E-state index contributed by atoms with van der Waals surface area (Å²) in [6, 6.07) is 10.4. The summed E-state index contributed by atoms with van der Waals surface area (Å²) in [5, 5.41) is 30.3. The minimum atomic E-state index is -1.26. The van der Waals surface area contributed by atoms with Crippen LogP contribution in [0.5, 0.6) is 0 Å². The number of aliphatic carboxylic acids is 1. The van der Waals surface area contributed by atoms with E-state index < -0.39 is 17.8 Å². The number of amides is 1. The molecule has 0 saturated heterocycles. The molecule has 0 aliphatic carbocycles. The third-order valence-electron chi connectivity index (χ3n) is 3.35. The molecule has 0 spiro atoms. The average Bonchev–Trinajstić information content (AvgIpc) is 2.60. The van der Waals surface area contributed by atoms with E-state index in [0.717, 1.165) is 12.2 Å². The van der Waals surface area contributed by atoms with Crippen molar-refractivity contribution < 1.29 is 24.6 Å². The quantitative estimate of drug-likeness (QED) is 0.258. The van der Waals surface area contributed by atoms with Gasteiger partial charge in [-0.2, -0.15) is 0 Å². The Morgan fingerprint density at radius 1 is 1.00 bits per heavy atom. The Morgan fingerprint density at radius 3 is 2.33 bits per heavy atom. The number of anilines is 2. The molecular weight excluding hydrogens is 352 g/mol. The number of nitrogens with two attached hydrogens (primary N) is 1. The Balaban J connectivity index is 2.25. The second kappa shape index (κ2) is 8.30. The Hall–Kier alpha value is -4.14. The number of carbonyl (C=O) groups excluding carboxylic acids is 1. The fourth-order valence-electron chi connectivity index (χ4n) is 2.22. The van der Waals surface area contributed by atoms with Gasteiger partial charge in [-0.15, -0.1) is 0 Å². The normalized spacial score (nSPS) is 10.4. The lowest BCUT2D eigenvalue weighted by atomic mass is 10.1. The van der Waals surface area contributed by atoms with Crippen molar-refractivity contribution >= 4 is 41.3 Å². The van der Waals surface area contributed by atoms with Crippen molar-refractivity contribution in [3.8, 4) is 0 Å². The van der Waals surface area contributed by atoms with Crippen molar-refractivity contribution in [2.75, 3.05) is 10.6 Å². The van der Waals surface area contributed by atoms with Crippen LogP contribution in [0.15, 0.2) is 48.5 Å². The molecule has 27 heavy (non-hydrogen) atoms. The zero-order valence-corrected chi connectivity index (χ0v) is 13.9. The molecule has 2 aromatic carbocycles. The van der Waals surface area contributed by atoms with Gasteiger partial charge in [0.2, 0.25) is 0 Å². The van der Waals surface area contributed by atoms with E-state index in [1.165, 1.54) is 24.3 Å². The van der Waals surface area contributed by atoms with Crippen LogP contribution >= 0.6 is 0 Å². The van der Waals surface area contributed by atoms with Crippen LogP contribution in [0.1, 0.15) is 26.3 Å². The lowest BCUT2D eigenvalue weighted by Gasteiger charge is -2.10. The van der Waals surface area contributed by atoms with E-state index in [2.05, 4.69) is 10.6 Å². The molecule has 2 aromatic rings. The molecule has 9 nitrogen and oxygen atoms in total. The maximum atomic E-state index is 12.4. The van der Waals surface area contributed by atoms with E-state index in [4.69, 9.17) is 16.2 Å². The highest BCUT2D eigenvalue weighted by molar-refractivity contribution is 6.06. The first-order chi connectivity index (χ1) is 12.8. The van der Waals surface area contributed by atoms with Crippen molar-refractivity contribution in [2.45, 2.75) is 0 Å². The molecule has 0 radical (unpaired) electrons. The number of guanidine groups is 1. The molecule has 138 valence electrons. The molecule has 0 unspecified atom stereocenters. The number of nitrogens with one attached hydrogen (secondary N) is 3. The predicted octanol–water partition coefficient (Wildman–Crippen LogP) is 2.04. The first kappa shape index (κ1) is 19.2. The highest BCUT2D eigenvalue weighted by Crippen LogP contribution is 2.19. The van der Waals surface area contributed by atoms with Crippen molar-refractivity contribution in [2.24, 2.45) is 5.73 Å². The molecule has 0 bridgehead atoms. The average molecular weight is 368 g/mol. The number of hydrogen-bond donors (Lipinski definition) is 6. The van der Waals surface area contributed by atoms with Gasteiger partial charge in [-0.3, -0.25) is 10.2 Å². The Kier molecular flexibility index (Phi) is 5.90. The summed E-state index contributed by atoms with van der Waals surface area (Å²) >= 11 is 0. The Labute approximate surface area is 153 Å². The van der Waals surface area contributed by atoms with Gasteiger partial charge in [0.15, 0.2) is 5.96 Å². The van der Waals surface area contributed by atoms with Crippen LogP contribution in [-0.2, 0) is 4.79 Å². The van der Waals surface area contributed by atoms with Gasteiger partial charge in [0.25, 0.3) is 5.91 Å². The fraction of sp³-hybridized carbons (Fsp3) is 0. The van der Waals surface area contributed by atoms with Gasteiger partial charge >= 0.3 is 11.9 Å². The highest BCUT2D eigenvalue weighted by Gasteiger charge is 2.12. The number of hydrogen-bond acceptors (Lipinski definition) is 4. The largest absolute Gasteiger partial charge is 0.478 e. The smallest absolute Gasteiger partial charge is 0.336 e. The third-order valence-corrected chi connectivity index (χ3v) is 3.35. The van der Waals surface area contributed by atoms with Crippen LogP contribution in [-0.4, -0.2) is 34.0 Å². The minimum Gasteiger partial charge on any atom is -0.478 e. The summed E-state index contributed by atoms with van der Waals surface area (Å²) < 4.78 is 0. The van der Waals surface area contributed by atoms with Crippen LogP contribution < -0.4 is 16.4 Å². The predicted molar refractivity (Wildman–Crippen MR) is 100 cm³/mol. The number of carbonyl (C=O) groups is 3. The number of carboxylic acid groups (broad SMARTS) is 2. The first-order valence-corrected chi connectivity index (χ1v) is 7.57. The molecule has 2 rings (SSSR count). The van der Waals surface area contributed by atoms with E-state index >= 15 is 0 Å². The molecule has 9 heteroatoms. The van der Waals surface area contributed by atoms with Crippen LogP contribution in [0.25, 0.3) is 6.08 Å². The van der Waals surface area contributed by atoms with E-state index in [0.29, 0.717) is 5.69 Å². The van der Waals surface area contributed by atoms with Crippen molar-refractivity contribution in [1.82, 2.24) is 0 Å². The molecule has 1 amide bonds. The fourth-order valence-corrected chi connectivity index (χ4v) is 2.22. The molecule has 0 aliphatic rings. The van der Waals surface area contributed by atoms with Crippen LogP contribution in [0.2, 0.25) is 0 Å². The summed E-state index contributed by atoms with van der Waals surface area (Å²) in [4.78, 5) is 34.4. The molecule has 0 saturated carbocycles. The molecule has 7 N–H and O–H groups in total. The number of rotatable bonds is 6. The zero-order chi connectivity index (χ0) is 20.0. The van der Waals surface area contributed by atoms with Crippen LogP contribution in [0.3, 0.4) is 0 Å². The number of benzene rings is 2. The maximum absolute atomic E-state index is 12.4. The summed E-state index contributed by atoms with van der Waals surface area (Å²) in [7, 11) is 0.